The lowest BCUT2D eigenvalue weighted by Crippen LogP contribution is -2.22. The summed E-state index contributed by atoms with van der Waals surface area (Å²) in [6.45, 7) is 7.29. The maximum atomic E-state index is 13.8. The average Bonchev–Trinajstić information content (AvgIpc) is 2.88. The lowest BCUT2D eigenvalue weighted by molar-refractivity contribution is 0.543. The Morgan fingerprint density at radius 2 is 2.10 bits per heavy atom. The van der Waals surface area contributed by atoms with Gasteiger partial charge in [0, 0.05) is 19.1 Å². The zero-order valence-corrected chi connectivity index (χ0v) is 12.1. The van der Waals surface area contributed by atoms with Crippen molar-refractivity contribution in [3.63, 3.8) is 0 Å². The summed E-state index contributed by atoms with van der Waals surface area (Å²) >= 11 is 0. The maximum absolute atomic E-state index is 13.8. The van der Waals surface area contributed by atoms with Gasteiger partial charge in [0.15, 0.2) is 0 Å². The van der Waals surface area contributed by atoms with Crippen LogP contribution in [0.4, 0.5) is 16.1 Å². The summed E-state index contributed by atoms with van der Waals surface area (Å²) in [6, 6.07) is 7.41. The van der Waals surface area contributed by atoms with Crippen LogP contribution in [-0.4, -0.2) is 17.6 Å². The standard InChI is InChI=1S/C15H20FN3O/c1-4-19(14-8-6-5-7-13(14)16)15-18-12(10-20-15)9-17-11(2)3/h5-8,10-11,17H,4,9H2,1-3H3. The Hall–Kier alpha value is -1.88. The molecule has 0 aliphatic heterocycles. The molecule has 0 bridgehead atoms. The molecule has 0 unspecified atom stereocenters. The van der Waals surface area contributed by atoms with Crippen LogP contribution in [0.2, 0.25) is 0 Å². The molecule has 0 aliphatic carbocycles. The lowest BCUT2D eigenvalue weighted by Gasteiger charge is -2.18. The lowest BCUT2D eigenvalue weighted by atomic mass is 10.3. The van der Waals surface area contributed by atoms with Crippen LogP contribution in [0.15, 0.2) is 34.9 Å². The number of halogens is 1. The number of hydrogen-bond acceptors (Lipinski definition) is 4. The van der Waals surface area contributed by atoms with E-state index < -0.39 is 0 Å². The van der Waals surface area contributed by atoms with Crippen molar-refractivity contribution in [1.82, 2.24) is 10.3 Å². The van der Waals surface area contributed by atoms with Gasteiger partial charge in [0.05, 0.1) is 11.4 Å². The zero-order chi connectivity index (χ0) is 14.5. The summed E-state index contributed by atoms with van der Waals surface area (Å²) in [5.41, 5.74) is 1.28. The third kappa shape index (κ3) is 3.36. The molecular weight excluding hydrogens is 257 g/mol. The monoisotopic (exact) mass is 277 g/mol. The predicted molar refractivity (Wildman–Crippen MR) is 77.6 cm³/mol. The van der Waals surface area contributed by atoms with Crippen LogP contribution in [0, 0.1) is 5.82 Å². The Morgan fingerprint density at radius 3 is 2.75 bits per heavy atom. The molecule has 1 aromatic carbocycles. The fraction of sp³-hybridized carbons (Fsp3) is 0.400. The van der Waals surface area contributed by atoms with E-state index in [0.29, 0.717) is 30.8 Å². The van der Waals surface area contributed by atoms with Crippen LogP contribution in [0.25, 0.3) is 0 Å². The molecule has 0 radical (unpaired) electrons. The van der Waals surface area contributed by atoms with Crippen LogP contribution in [0.5, 0.6) is 0 Å². The number of rotatable bonds is 6. The molecule has 108 valence electrons. The van der Waals surface area contributed by atoms with E-state index in [1.54, 1.807) is 29.4 Å². The van der Waals surface area contributed by atoms with E-state index in [4.69, 9.17) is 4.42 Å². The third-order valence-corrected chi connectivity index (χ3v) is 2.92. The molecule has 2 aromatic rings. The Balaban J connectivity index is 2.18. The Kier molecular flexibility index (Phi) is 4.74. The van der Waals surface area contributed by atoms with Gasteiger partial charge >= 0.3 is 6.01 Å². The first-order valence-corrected chi connectivity index (χ1v) is 6.81. The molecule has 4 nitrogen and oxygen atoms in total. The van der Waals surface area contributed by atoms with Crippen LogP contribution in [0.3, 0.4) is 0 Å². The summed E-state index contributed by atoms with van der Waals surface area (Å²) in [4.78, 5) is 6.12. The summed E-state index contributed by atoms with van der Waals surface area (Å²) in [6.07, 6.45) is 1.61. The number of oxazole rings is 1. The third-order valence-electron chi connectivity index (χ3n) is 2.92. The van der Waals surface area contributed by atoms with Gasteiger partial charge in [-0.3, -0.25) is 4.90 Å². The number of hydrogen-bond donors (Lipinski definition) is 1. The molecule has 0 aliphatic rings. The summed E-state index contributed by atoms with van der Waals surface area (Å²) in [7, 11) is 0. The molecular formula is C15H20FN3O. The van der Waals surface area contributed by atoms with Crippen LogP contribution in [0.1, 0.15) is 26.5 Å². The molecule has 0 saturated heterocycles. The number of aromatic nitrogens is 1. The van der Waals surface area contributed by atoms with Crippen LogP contribution in [-0.2, 0) is 6.54 Å². The largest absolute Gasteiger partial charge is 0.431 e. The molecule has 0 atom stereocenters. The van der Waals surface area contributed by atoms with Crippen LogP contribution < -0.4 is 10.2 Å². The first-order valence-electron chi connectivity index (χ1n) is 6.81. The molecule has 1 N–H and O–H groups in total. The van der Waals surface area contributed by atoms with E-state index in [1.807, 2.05) is 6.92 Å². The minimum absolute atomic E-state index is 0.283. The minimum Gasteiger partial charge on any atom is -0.431 e. The van der Waals surface area contributed by atoms with Gasteiger partial charge in [0.1, 0.15) is 12.1 Å². The second kappa shape index (κ2) is 6.52. The highest BCUT2D eigenvalue weighted by atomic mass is 19.1. The average molecular weight is 277 g/mol. The van der Waals surface area contributed by atoms with Gasteiger partial charge < -0.3 is 9.73 Å². The van der Waals surface area contributed by atoms with Gasteiger partial charge in [-0.1, -0.05) is 26.0 Å². The van der Waals surface area contributed by atoms with Gasteiger partial charge in [-0.15, -0.1) is 0 Å². The zero-order valence-electron chi connectivity index (χ0n) is 12.1. The van der Waals surface area contributed by atoms with Crippen LogP contribution >= 0.6 is 0 Å². The highest BCUT2D eigenvalue weighted by Crippen LogP contribution is 2.26. The van der Waals surface area contributed by atoms with E-state index in [0.717, 1.165) is 5.69 Å². The van der Waals surface area contributed by atoms with Gasteiger partial charge in [0.2, 0.25) is 0 Å². The fourth-order valence-corrected chi connectivity index (χ4v) is 1.89. The Bertz CT molecular complexity index is 554. The van der Waals surface area contributed by atoms with E-state index in [2.05, 4.69) is 24.1 Å². The number of benzene rings is 1. The van der Waals surface area contributed by atoms with Crippen molar-refractivity contribution in [2.45, 2.75) is 33.4 Å². The topological polar surface area (TPSA) is 41.3 Å². The van der Waals surface area contributed by atoms with Gasteiger partial charge in [-0.2, -0.15) is 4.98 Å². The summed E-state index contributed by atoms with van der Waals surface area (Å²) in [5, 5.41) is 3.27. The molecule has 2 rings (SSSR count). The number of para-hydroxylation sites is 1. The SMILES string of the molecule is CCN(c1nc(CNC(C)C)co1)c1ccccc1F. The number of anilines is 2. The maximum Gasteiger partial charge on any atom is 0.302 e. The molecule has 1 heterocycles. The van der Waals surface area contributed by atoms with Crippen molar-refractivity contribution in [1.29, 1.82) is 0 Å². The first kappa shape index (κ1) is 14.5. The van der Waals surface area contributed by atoms with Crippen molar-refractivity contribution in [3.8, 4) is 0 Å². The quantitative estimate of drug-likeness (QED) is 0.877. The smallest absolute Gasteiger partial charge is 0.302 e. The fourth-order valence-electron chi connectivity index (χ4n) is 1.89. The Labute approximate surface area is 118 Å². The molecule has 1 aromatic heterocycles. The highest BCUT2D eigenvalue weighted by Gasteiger charge is 2.16. The minimum atomic E-state index is -0.283. The van der Waals surface area contributed by atoms with E-state index >= 15 is 0 Å². The predicted octanol–water partition coefficient (Wildman–Crippen LogP) is 3.47. The van der Waals surface area contributed by atoms with Crippen molar-refractivity contribution >= 4 is 11.7 Å². The molecule has 20 heavy (non-hydrogen) atoms. The van der Waals surface area contributed by atoms with Gasteiger partial charge in [-0.25, -0.2) is 4.39 Å². The van der Waals surface area contributed by atoms with Crippen molar-refractivity contribution in [3.05, 3.63) is 42.0 Å². The van der Waals surface area contributed by atoms with Crippen molar-refractivity contribution in [2.24, 2.45) is 0 Å². The normalized spacial score (nSPS) is 11.1. The van der Waals surface area contributed by atoms with Gasteiger partial charge in [0.25, 0.3) is 0 Å². The van der Waals surface area contributed by atoms with Crippen molar-refractivity contribution < 1.29 is 8.81 Å². The number of nitrogens with zero attached hydrogens (tertiary/aromatic N) is 2. The first-order chi connectivity index (χ1) is 9.61. The highest BCUT2D eigenvalue weighted by molar-refractivity contribution is 5.56. The summed E-state index contributed by atoms with van der Waals surface area (Å²) in [5.74, 6) is -0.283. The van der Waals surface area contributed by atoms with E-state index in [9.17, 15) is 4.39 Å². The number of nitrogens with one attached hydrogen (secondary N) is 1. The molecule has 0 fully saturated rings. The molecule has 5 heteroatoms. The summed E-state index contributed by atoms with van der Waals surface area (Å²) < 4.78 is 19.3. The second-order valence-corrected chi connectivity index (χ2v) is 4.85. The Morgan fingerprint density at radius 1 is 1.35 bits per heavy atom. The van der Waals surface area contributed by atoms with E-state index in [-0.39, 0.29) is 5.82 Å². The van der Waals surface area contributed by atoms with Crippen molar-refractivity contribution in [2.75, 3.05) is 11.4 Å². The second-order valence-electron chi connectivity index (χ2n) is 4.85. The molecule has 0 amide bonds. The van der Waals surface area contributed by atoms with E-state index in [1.165, 1.54) is 6.07 Å². The molecule has 0 saturated carbocycles. The van der Waals surface area contributed by atoms with Gasteiger partial charge in [-0.05, 0) is 19.1 Å². The molecule has 0 spiro atoms.